The van der Waals surface area contributed by atoms with E-state index in [2.05, 4.69) is 20.3 Å². The van der Waals surface area contributed by atoms with Crippen LogP contribution in [0.3, 0.4) is 0 Å². The zero-order valence-electron chi connectivity index (χ0n) is 11.2. The van der Waals surface area contributed by atoms with Crippen molar-refractivity contribution in [1.82, 2.24) is 20.3 Å². The Balaban J connectivity index is 1.87. The monoisotopic (exact) mass is 279 g/mol. The van der Waals surface area contributed by atoms with Gasteiger partial charge in [-0.1, -0.05) is 24.3 Å². The summed E-state index contributed by atoms with van der Waals surface area (Å²) in [5.74, 6) is 0.204. The van der Waals surface area contributed by atoms with E-state index in [0.717, 1.165) is 16.5 Å². The molecule has 0 bridgehead atoms. The number of nitrogen functional groups attached to an aromatic ring is 1. The van der Waals surface area contributed by atoms with Crippen LogP contribution in [0.4, 0.5) is 5.82 Å². The molecule has 21 heavy (non-hydrogen) atoms. The van der Waals surface area contributed by atoms with Crippen molar-refractivity contribution < 1.29 is 4.79 Å². The molecule has 6 heteroatoms. The number of amides is 1. The maximum absolute atomic E-state index is 12.3. The third-order valence-corrected chi connectivity index (χ3v) is 3.14. The molecule has 0 unspecified atom stereocenters. The Bertz CT molecular complexity index is 788. The number of hydrogen-bond acceptors (Lipinski definition) is 5. The van der Waals surface area contributed by atoms with Gasteiger partial charge in [0, 0.05) is 17.8 Å². The molecule has 0 saturated carbocycles. The summed E-state index contributed by atoms with van der Waals surface area (Å²) in [5, 5.41) is 4.37. The van der Waals surface area contributed by atoms with E-state index < -0.39 is 0 Å². The van der Waals surface area contributed by atoms with Crippen molar-refractivity contribution in [2.45, 2.75) is 6.54 Å². The number of nitrogens with two attached hydrogens (primary N) is 1. The molecule has 1 aromatic carbocycles. The third-order valence-electron chi connectivity index (χ3n) is 3.14. The zero-order valence-corrected chi connectivity index (χ0v) is 11.2. The molecule has 2 heterocycles. The van der Waals surface area contributed by atoms with Gasteiger partial charge in [0.1, 0.15) is 12.1 Å². The lowest BCUT2D eigenvalue weighted by atomic mass is 10.1. The molecule has 6 nitrogen and oxygen atoms in total. The number of pyridine rings is 1. The number of carbonyl (C=O) groups excluding carboxylic acids is 1. The first-order valence-corrected chi connectivity index (χ1v) is 6.42. The highest BCUT2D eigenvalue weighted by molar-refractivity contribution is 6.08. The van der Waals surface area contributed by atoms with E-state index >= 15 is 0 Å². The van der Waals surface area contributed by atoms with Gasteiger partial charge in [-0.3, -0.25) is 4.79 Å². The lowest BCUT2D eigenvalue weighted by Gasteiger charge is -2.08. The van der Waals surface area contributed by atoms with Crippen LogP contribution in [0.1, 0.15) is 16.1 Å². The second kappa shape index (κ2) is 5.54. The minimum Gasteiger partial charge on any atom is -0.383 e. The number of nitrogens with zero attached hydrogens (tertiary/aromatic N) is 3. The van der Waals surface area contributed by atoms with E-state index in [1.165, 1.54) is 12.5 Å². The molecule has 0 aliphatic heterocycles. The molecule has 104 valence electrons. The van der Waals surface area contributed by atoms with Crippen molar-refractivity contribution in [2.75, 3.05) is 5.73 Å². The van der Waals surface area contributed by atoms with Gasteiger partial charge in [0.2, 0.25) is 0 Å². The van der Waals surface area contributed by atoms with Gasteiger partial charge in [0.15, 0.2) is 0 Å². The summed E-state index contributed by atoms with van der Waals surface area (Å²) in [6.07, 6.45) is 4.57. The minimum absolute atomic E-state index is 0.211. The average Bonchev–Trinajstić information content (AvgIpc) is 2.54. The van der Waals surface area contributed by atoms with Crippen LogP contribution >= 0.6 is 0 Å². The molecule has 2 aromatic heterocycles. The highest BCUT2D eigenvalue weighted by atomic mass is 16.1. The quantitative estimate of drug-likeness (QED) is 0.758. The maximum atomic E-state index is 12.3. The summed E-state index contributed by atoms with van der Waals surface area (Å²) in [7, 11) is 0. The summed E-state index contributed by atoms with van der Waals surface area (Å²) in [6.45, 7) is 0.333. The zero-order chi connectivity index (χ0) is 14.7. The summed E-state index contributed by atoms with van der Waals surface area (Å²) in [5.41, 5.74) is 7.07. The summed E-state index contributed by atoms with van der Waals surface area (Å²) in [6, 6.07) is 9.18. The molecule has 0 aliphatic carbocycles. The lowest BCUT2D eigenvalue weighted by molar-refractivity contribution is 0.0952. The van der Waals surface area contributed by atoms with E-state index in [1.807, 2.05) is 24.3 Å². The van der Waals surface area contributed by atoms with Crippen LogP contribution in [0, 0.1) is 0 Å². The Morgan fingerprint density at radius 3 is 2.71 bits per heavy atom. The number of rotatable bonds is 3. The summed E-state index contributed by atoms with van der Waals surface area (Å²) >= 11 is 0. The predicted octanol–water partition coefficient (Wildman–Crippen LogP) is 1.54. The Morgan fingerprint density at radius 1 is 1.14 bits per heavy atom. The molecule has 0 fully saturated rings. The van der Waals surface area contributed by atoms with Crippen molar-refractivity contribution in [1.29, 1.82) is 0 Å². The molecule has 0 spiro atoms. The molecule has 0 saturated heterocycles. The maximum Gasteiger partial charge on any atom is 0.253 e. The number of aromatic nitrogens is 3. The highest BCUT2D eigenvalue weighted by Gasteiger charge is 2.12. The molecule has 0 aliphatic rings. The molecule has 0 atom stereocenters. The molecule has 3 rings (SSSR count). The Kier molecular flexibility index (Phi) is 3.42. The lowest BCUT2D eigenvalue weighted by Crippen LogP contribution is -2.23. The fourth-order valence-electron chi connectivity index (χ4n) is 2.08. The van der Waals surface area contributed by atoms with Crippen molar-refractivity contribution in [3.8, 4) is 0 Å². The van der Waals surface area contributed by atoms with Crippen LogP contribution in [0.5, 0.6) is 0 Å². The van der Waals surface area contributed by atoms with E-state index in [1.54, 1.807) is 12.3 Å². The minimum atomic E-state index is -0.211. The average molecular weight is 279 g/mol. The number of carbonyl (C=O) groups is 1. The van der Waals surface area contributed by atoms with E-state index in [4.69, 9.17) is 5.73 Å². The van der Waals surface area contributed by atoms with Crippen LogP contribution < -0.4 is 11.1 Å². The fraction of sp³-hybridized carbons (Fsp3) is 0.0667. The first kappa shape index (κ1) is 13.0. The smallest absolute Gasteiger partial charge is 0.253 e. The normalized spacial score (nSPS) is 10.5. The third kappa shape index (κ3) is 2.64. The van der Waals surface area contributed by atoms with Crippen LogP contribution in [0.25, 0.3) is 10.8 Å². The van der Waals surface area contributed by atoms with Crippen LogP contribution in [-0.2, 0) is 6.54 Å². The molecule has 3 aromatic rings. The van der Waals surface area contributed by atoms with Gasteiger partial charge in [-0.15, -0.1) is 0 Å². The Morgan fingerprint density at radius 2 is 1.95 bits per heavy atom. The number of anilines is 1. The second-order valence-electron chi connectivity index (χ2n) is 4.49. The van der Waals surface area contributed by atoms with E-state index in [-0.39, 0.29) is 5.91 Å². The summed E-state index contributed by atoms with van der Waals surface area (Å²) in [4.78, 5) is 24.3. The first-order valence-electron chi connectivity index (χ1n) is 6.42. The van der Waals surface area contributed by atoms with Gasteiger partial charge in [0.25, 0.3) is 5.91 Å². The Hall–Kier alpha value is -3.02. The van der Waals surface area contributed by atoms with Gasteiger partial charge in [-0.25, -0.2) is 15.0 Å². The van der Waals surface area contributed by atoms with E-state index in [9.17, 15) is 4.79 Å². The van der Waals surface area contributed by atoms with E-state index in [0.29, 0.717) is 17.9 Å². The second-order valence-corrected chi connectivity index (χ2v) is 4.49. The van der Waals surface area contributed by atoms with Crippen molar-refractivity contribution in [3.63, 3.8) is 0 Å². The van der Waals surface area contributed by atoms with Crippen LogP contribution in [-0.4, -0.2) is 20.9 Å². The molecular weight excluding hydrogens is 266 g/mol. The van der Waals surface area contributed by atoms with Crippen molar-refractivity contribution in [3.05, 3.63) is 60.3 Å². The number of benzene rings is 1. The summed E-state index contributed by atoms with van der Waals surface area (Å²) < 4.78 is 0. The number of fused-ring (bicyclic) bond motifs is 1. The number of hydrogen-bond donors (Lipinski definition) is 2. The first-order chi connectivity index (χ1) is 10.3. The van der Waals surface area contributed by atoms with Gasteiger partial charge in [0.05, 0.1) is 17.8 Å². The molecule has 0 radical (unpaired) electrons. The van der Waals surface area contributed by atoms with Crippen molar-refractivity contribution in [2.24, 2.45) is 0 Å². The molecule has 1 amide bonds. The van der Waals surface area contributed by atoms with Crippen LogP contribution in [0.2, 0.25) is 0 Å². The molecular formula is C15H13N5O. The topological polar surface area (TPSA) is 93.8 Å². The van der Waals surface area contributed by atoms with Crippen LogP contribution in [0.15, 0.2) is 49.1 Å². The Labute approximate surface area is 121 Å². The van der Waals surface area contributed by atoms with Crippen molar-refractivity contribution >= 4 is 22.5 Å². The van der Waals surface area contributed by atoms with Gasteiger partial charge in [-0.05, 0) is 11.5 Å². The number of nitrogens with one attached hydrogen (secondary N) is 1. The van der Waals surface area contributed by atoms with Gasteiger partial charge < -0.3 is 11.1 Å². The van der Waals surface area contributed by atoms with Gasteiger partial charge >= 0.3 is 0 Å². The largest absolute Gasteiger partial charge is 0.383 e. The molecule has 3 N–H and O–H groups in total. The van der Waals surface area contributed by atoms with Gasteiger partial charge in [-0.2, -0.15) is 0 Å². The standard InChI is InChI=1S/C15H13N5O/c16-14-12-4-2-1-3-11(12)13(8-18-14)15(21)19-7-10-5-6-17-9-20-10/h1-6,8-9H,7H2,(H2,16,18)(H,19,21). The fourth-order valence-corrected chi connectivity index (χ4v) is 2.08. The SMILES string of the molecule is Nc1ncc(C(=O)NCc2ccncn2)c2ccccc12. The predicted molar refractivity (Wildman–Crippen MR) is 79.4 cm³/mol. The highest BCUT2D eigenvalue weighted by Crippen LogP contribution is 2.22.